The Morgan fingerprint density at radius 3 is 2.84 bits per heavy atom. The molecule has 0 aromatic heterocycles. The maximum Gasteiger partial charge on any atom is 0.226 e. The summed E-state index contributed by atoms with van der Waals surface area (Å²) in [5.74, 6) is -0.127. The molecule has 0 aliphatic rings. The first-order valence-corrected chi connectivity index (χ1v) is 6.64. The van der Waals surface area contributed by atoms with Gasteiger partial charge < -0.3 is 10.1 Å². The fourth-order valence-electron chi connectivity index (χ4n) is 1.62. The summed E-state index contributed by atoms with van der Waals surface area (Å²) in [5.41, 5.74) is 1.03. The van der Waals surface area contributed by atoms with Crippen molar-refractivity contribution < 1.29 is 9.53 Å². The van der Waals surface area contributed by atoms with E-state index in [-0.39, 0.29) is 5.91 Å². The highest BCUT2D eigenvalue weighted by Crippen LogP contribution is 2.13. The number of rotatable bonds is 8. The van der Waals surface area contributed by atoms with Crippen molar-refractivity contribution in [3.05, 3.63) is 29.8 Å². The number of ether oxygens (including phenoxy) is 1. The van der Waals surface area contributed by atoms with Gasteiger partial charge in [0, 0.05) is 6.61 Å². The van der Waals surface area contributed by atoms with Crippen LogP contribution in [0.1, 0.15) is 38.2 Å². The Labute approximate surface area is 114 Å². The number of nitriles is 1. The largest absolute Gasteiger partial charge is 0.381 e. The summed E-state index contributed by atoms with van der Waals surface area (Å²) in [6, 6.07) is 9.00. The molecule has 0 aliphatic heterocycles. The average molecular weight is 260 g/mol. The normalized spacial score (nSPS) is 9.89. The second kappa shape index (κ2) is 9.12. The molecule has 0 atom stereocenters. The number of hydrogen-bond donors (Lipinski definition) is 1. The highest BCUT2D eigenvalue weighted by molar-refractivity contribution is 5.92. The zero-order chi connectivity index (χ0) is 13.9. The van der Waals surface area contributed by atoms with E-state index >= 15 is 0 Å². The molecule has 0 fully saturated rings. The van der Waals surface area contributed by atoms with Gasteiger partial charge in [-0.3, -0.25) is 4.79 Å². The van der Waals surface area contributed by atoms with Gasteiger partial charge in [0.25, 0.3) is 0 Å². The van der Waals surface area contributed by atoms with Crippen molar-refractivity contribution in [3.8, 4) is 6.07 Å². The fraction of sp³-hybridized carbons (Fsp3) is 0.467. The number of para-hydroxylation sites is 1. The van der Waals surface area contributed by atoms with Crippen LogP contribution in [0.2, 0.25) is 0 Å². The van der Waals surface area contributed by atoms with Crippen LogP contribution in [0.5, 0.6) is 0 Å². The molecular weight excluding hydrogens is 240 g/mol. The number of hydrogen-bond acceptors (Lipinski definition) is 3. The SMILES string of the molecule is CCCCCOCCC(=O)Nc1ccccc1C#N. The van der Waals surface area contributed by atoms with Crippen LogP contribution in [0.15, 0.2) is 24.3 Å². The van der Waals surface area contributed by atoms with E-state index in [1.807, 2.05) is 6.07 Å². The first kappa shape index (κ1) is 15.2. The molecule has 0 aliphatic carbocycles. The number of nitrogens with zero attached hydrogens (tertiary/aromatic N) is 1. The summed E-state index contributed by atoms with van der Waals surface area (Å²) in [5, 5.41) is 11.6. The standard InChI is InChI=1S/C15H20N2O2/c1-2-3-6-10-19-11-9-15(18)17-14-8-5-4-7-13(14)12-16/h4-5,7-8H,2-3,6,9-11H2,1H3,(H,17,18). The van der Waals surface area contributed by atoms with Crippen LogP contribution in [-0.4, -0.2) is 19.1 Å². The van der Waals surface area contributed by atoms with Crippen LogP contribution in [0, 0.1) is 11.3 Å². The number of benzene rings is 1. The Morgan fingerprint density at radius 1 is 1.32 bits per heavy atom. The molecule has 1 aromatic carbocycles. The van der Waals surface area contributed by atoms with E-state index in [1.165, 1.54) is 0 Å². The van der Waals surface area contributed by atoms with Gasteiger partial charge in [-0.1, -0.05) is 31.9 Å². The van der Waals surface area contributed by atoms with Crippen LogP contribution in [0.25, 0.3) is 0 Å². The summed E-state index contributed by atoms with van der Waals surface area (Å²) in [4.78, 5) is 11.7. The maximum atomic E-state index is 11.7. The van der Waals surface area contributed by atoms with Crippen molar-refractivity contribution in [3.63, 3.8) is 0 Å². The molecule has 0 spiro atoms. The van der Waals surface area contributed by atoms with Crippen LogP contribution >= 0.6 is 0 Å². The predicted molar refractivity (Wildman–Crippen MR) is 74.7 cm³/mol. The molecule has 1 aromatic rings. The van der Waals surface area contributed by atoms with Gasteiger partial charge in [0.1, 0.15) is 6.07 Å². The van der Waals surface area contributed by atoms with Crippen molar-refractivity contribution in [1.29, 1.82) is 5.26 Å². The average Bonchev–Trinajstić information content (AvgIpc) is 2.43. The van der Waals surface area contributed by atoms with Gasteiger partial charge in [0.15, 0.2) is 0 Å². The Bertz CT molecular complexity index is 438. The van der Waals surface area contributed by atoms with Crippen molar-refractivity contribution in [2.45, 2.75) is 32.6 Å². The molecule has 1 amide bonds. The van der Waals surface area contributed by atoms with Crippen molar-refractivity contribution in [2.75, 3.05) is 18.5 Å². The summed E-state index contributed by atoms with van der Waals surface area (Å²) in [6.07, 6.45) is 3.66. The third-order valence-electron chi connectivity index (χ3n) is 2.69. The van der Waals surface area contributed by atoms with Crippen molar-refractivity contribution >= 4 is 11.6 Å². The highest BCUT2D eigenvalue weighted by Gasteiger charge is 2.05. The van der Waals surface area contributed by atoms with Crippen LogP contribution in [-0.2, 0) is 9.53 Å². The lowest BCUT2D eigenvalue weighted by atomic mass is 10.2. The number of carbonyl (C=O) groups excluding carboxylic acids is 1. The Hall–Kier alpha value is -1.86. The van der Waals surface area contributed by atoms with Crippen LogP contribution in [0.3, 0.4) is 0 Å². The number of unbranched alkanes of at least 4 members (excludes halogenated alkanes) is 2. The van der Waals surface area contributed by atoms with E-state index in [2.05, 4.69) is 12.2 Å². The number of nitrogens with one attached hydrogen (secondary N) is 1. The van der Waals surface area contributed by atoms with Gasteiger partial charge in [-0.15, -0.1) is 0 Å². The first-order chi connectivity index (χ1) is 9.27. The van der Waals surface area contributed by atoms with Gasteiger partial charge in [0.05, 0.1) is 24.3 Å². The third kappa shape index (κ3) is 6.03. The molecule has 0 bridgehead atoms. The Balaban J connectivity index is 2.26. The van der Waals surface area contributed by atoms with Crippen LogP contribution < -0.4 is 5.32 Å². The van der Waals surface area contributed by atoms with Gasteiger partial charge in [-0.25, -0.2) is 0 Å². The molecule has 4 heteroatoms. The summed E-state index contributed by atoms with van der Waals surface area (Å²) < 4.78 is 5.37. The van der Waals surface area contributed by atoms with E-state index in [0.29, 0.717) is 30.9 Å². The van der Waals surface area contributed by atoms with Gasteiger partial charge >= 0.3 is 0 Å². The summed E-state index contributed by atoms with van der Waals surface area (Å²) in [7, 11) is 0. The minimum absolute atomic E-state index is 0.127. The number of anilines is 1. The fourth-order valence-corrected chi connectivity index (χ4v) is 1.62. The molecule has 0 radical (unpaired) electrons. The summed E-state index contributed by atoms with van der Waals surface area (Å²) >= 11 is 0. The number of carbonyl (C=O) groups is 1. The molecule has 102 valence electrons. The smallest absolute Gasteiger partial charge is 0.226 e. The molecule has 0 unspecified atom stereocenters. The minimum atomic E-state index is -0.127. The topological polar surface area (TPSA) is 62.1 Å². The summed E-state index contributed by atoms with van der Waals surface area (Å²) in [6.45, 7) is 3.26. The van der Waals surface area contributed by atoms with E-state index in [0.717, 1.165) is 19.3 Å². The van der Waals surface area contributed by atoms with Crippen molar-refractivity contribution in [2.24, 2.45) is 0 Å². The maximum absolute atomic E-state index is 11.7. The van der Waals surface area contributed by atoms with Crippen molar-refractivity contribution in [1.82, 2.24) is 0 Å². The monoisotopic (exact) mass is 260 g/mol. The number of amides is 1. The van der Waals surface area contributed by atoms with E-state index in [4.69, 9.17) is 10.00 Å². The molecule has 0 heterocycles. The molecule has 4 nitrogen and oxygen atoms in total. The zero-order valence-electron chi connectivity index (χ0n) is 11.3. The molecule has 1 N–H and O–H groups in total. The quantitative estimate of drug-likeness (QED) is 0.730. The minimum Gasteiger partial charge on any atom is -0.381 e. The Morgan fingerprint density at radius 2 is 2.11 bits per heavy atom. The molecule has 0 saturated heterocycles. The van der Waals surface area contributed by atoms with Gasteiger partial charge in [-0.05, 0) is 18.6 Å². The molecular formula is C15H20N2O2. The van der Waals surface area contributed by atoms with E-state index in [9.17, 15) is 4.79 Å². The van der Waals surface area contributed by atoms with Gasteiger partial charge in [-0.2, -0.15) is 5.26 Å². The Kier molecular flexibility index (Phi) is 7.30. The second-order valence-electron chi connectivity index (χ2n) is 4.28. The highest BCUT2D eigenvalue weighted by atomic mass is 16.5. The lowest BCUT2D eigenvalue weighted by Gasteiger charge is -2.07. The molecule has 1 rings (SSSR count). The lowest BCUT2D eigenvalue weighted by molar-refractivity contribution is -0.117. The van der Waals surface area contributed by atoms with E-state index in [1.54, 1.807) is 24.3 Å². The van der Waals surface area contributed by atoms with E-state index < -0.39 is 0 Å². The van der Waals surface area contributed by atoms with Gasteiger partial charge in [0.2, 0.25) is 5.91 Å². The second-order valence-corrected chi connectivity index (χ2v) is 4.28. The third-order valence-corrected chi connectivity index (χ3v) is 2.69. The molecule has 0 saturated carbocycles. The predicted octanol–water partition coefficient (Wildman–Crippen LogP) is 3.09. The first-order valence-electron chi connectivity index (χ1n) is 6.64. The molecule has 19 heavy (non-hydrogen) atoms. The zero-order valence-corrected chi connectivity index (χ0v) is 11.3. The lowest BCUT2D eigenvalue weighted by Crippen LogP contribution is -2.15. The van der Waals surface area contributed by atoms with Crippen LogP contribution in [0.4, 0.5) is 5.69 Å².